The quantitative estimate of drug-likeness (QED) is 0.0963. The van der Waals surface area contributed by atoms with Gasteiger partial charge in [-0.05, 0) is 13.3 Å². The summed E-state index contributed by atoms with van der Waals surface area (Å²) in [4.78, 5) is 11.5. The molecule has 0 aliphatic heterocycles. The van der Waals surface area contributed by atoms with Crippen molar-refractivity contribution in [1.29, 1.82) is 0 Å². The molecule has 1 atom stereocenters. The van der Waals surface area contributed by atoms with Crippen LogP contribution in [0.3, 0.4) is 0 Å². The Morgan fingerprint density at radius 1 is 0.576 bits per heavy atom. The zero-order valence-electron chi connectivity index (χ0n) is 22.7. The molecule has 3 heteroatoms. The van der Waals surface area contributed by atoms with E-state index < -0.39 is 6.10 Å². The first-order valence-electron chi connectivity index (χ1n) is 15.0. The fourth-order valence-corrected chi connectivity index (χ4v) is 4.47. The van der Waals surface area contributed by atoms with Crippen LogP contribution in [-0.2, 0) is 9.53 Å². The van der Waals surface area contributed by atoms with Gasteiger partial charge in [0.25, 0.3) is 0 Å². The molecule has 33 heavy (non-hydrogen) atoms. The summed E-state index contributed by atoms with van der Waals surface area (Å²) in [5, 5.41) is 9.14. The van der Waals surface area contributed by atoms with Gasteiger partial charge in [-0.15, -0.1) is 0 Å². The van der Waals surface area contributed by atoms with Gasteiger partial charge in [-0.1, -0.05) is 148 Å². The topological polar surface area (TPSA) is 46.5 Å². The molecule has 0 spiro atoms. The van der Waals surface area contributed by atoms with Gasteiger partial charge < -0.3 is 9.84 Å². The normalized spacial score (nSPS) is 12.2. The molecule has 0 fully saturated rings. The van der Waals surface area contributed by atoms with E-state index in [1.54, 1.807) is 6.92 Å². The van der Waals surface area contributed by atoms with E-state index in [9.17, 15) is 4.79 Å². The molecule has 0 bridgehead atoms. The van der Waals surface area contributed by atoms with Gasteiger partial charge in [0.05, 0.1) is 12.7 Å². The summed E-state index contributed by atoms with van der Waals surface area (Å²) in [5.41, 5.74) is 0. The Morgan fingerprint density at radius 2 is 0.879 bits per heavy atom. The molecular weight excluding hydrogens is 408 g/mol. The number of hydrogen-bond acceptors (Lipinski definition) is 3. The van der Waals surface area contributed by atoms with Gasteiger partial charge in [0, 0.05) is 12.8 Å². The lowest BCUT2D eigenvalue weighted by Crippen LogP contribution is -2.10. The summed E-state index contributed by atoms with van der Waals surface area (Å²) in [6.45, 7) is 4.35. The number of aliphatic hydroxyl groups excluding tert-OH is 1. The van der Waals surface area contributed by atoms with Crippen LogP contribution in [0.15, 0.2) is 0 Å². The average Bonchev–Trinajstić information content (AvgIpc) is 2.79. The summed E-state index contributed by atoms with van der Waals surface area (Å²) >= 11 is 0. The van der Waals surface area contributed by atoms with Crippen LogP contribution in [0.2, 0.25) is 0 Å². The third-order valence-electron chi connectivity index (χ3n) is 6.78. The number of carbonyl (C=O) groups is 1. The molecular formula is C30H60O3. The highest BCUT2D eigenvalue weighted by Gasteiger charge is 2.04. The SMILES string of the molecule is CCCCCCCCCCCCCCCCCCCCCCCCCC(=O)OCCC(C)O. The van der Waals surface area contributed by atoms with Crippen molar-refractivity contribution in [2.24, 2.45) is 0 Å². The van der Waals surface area contributed by atoms with Crippen LogP contribution in [0, 0.1) is 0 Å². The van der Waals surface area contributed by atoms with Gasteiger partial charge in [-0.25, -0.2) is 0 Å². The zero-order chi connectivity index (χ0) is 24.2. The van der Waals surface area contributed by atoms with E-state index in [0.29, 0.717) is 19.4 Å². The van der Waals surface area contributed by atoms with Crippen molar-refractivity contribution in [3.8, 4) is 0 Å². The van der Waals surface area contributed by atoms with Crippen molar-refractivity contribution in [1.82, 2.24) is 0 Å². The van der Waals surface area contributed by atoms with Crippen molar-refractivity contribution in [2.75, 3.05) is 6.61 Å². The molecule has 0 aromatic heterocycles. The molecule has 0 rings (SSSR count). The van der Waals surface area contributed by atoms with Crippen LogP contribution in [-0.4, -0.2) is 23.8 Å². The fourth-order valence-electron chi connectivity index (χ4n) is 4.47. The zero-order valence-corrected chi connectivity index (χ0v) is 22.7. The Bertz CT molecular complexity index is 381. The minimum atomic E-state index is -0.392. The van der Waals surface area contributed by atoms with E-state index in [1.165, 1.54) is 135 Å². The monoisotopic (exact) mass is 468 g/mol. The van der Waals surface area contributed by atoms with Crippen molar-refractivity contribution in [2.45, 2.75) is 180 Å². The van der Waals surface area contributed by atoms with Crippen molar-refractivity contribution in [3.05, 3.63) is 0 Å². The maximum absolute atomic E-state index is 11.5. The Balaban J connectivity index is 3.08. The molecule has 198 valence electrons. The molecule has 0 heterocycles. The van der Waals surface area contributed by atoms with Gasteiger partial charge in [-0.3, -0.25) is 4.79 Å². The number of esters is 1. The van der Waals surface area contributed by atoms with Gasteiger partial charge in [-0.2, -0.15) is 0 Å². The summed E-state index contributed by atoms with van der Waals surface area (Å²) in [5.74, 6) is -0.112. The van der Waals surface area contributed by atoms with Crippen molar-refractivity contribution in [3.63, 3.8) is 0 Å². The Morgan fingerprint density at radius 3 is 1.18 bits per heavy atom. The molecule has 0 saturated heterocycles. The lowest BCUT2D eigenvalue weighted by Gasteiger charge is -2.06. The predicted molar refractivity (Wildman–Crippen MR) is 144 cm³/mol. The lowest BCUT2D eigenvalue weighted by atomic mass is 10.0. The van der Waals surface area contributed by atoms with Crippen molar-refractivity contribution >= 4 is 5.97 Å². The van der Waals surface area contributed by atoms with Crippen LogP contribution in [0.4, 0.5) is 0 Å². The van der Waals surface area contributed by atoms with E-state index in [-0.39, 0.29) is 5.97 Å². The molecule has 0 amide bonds. The molecule has 0 aliphatic rings. The Labute approximate surface area is 207 Å². The van der Waals surface area contributed by atoms with Gasteiger partial charge in [0.1, 0.15) is 0 Å². The fraction of sp³-hybridized carbons (Fsp3) is 0.967. The summed E-state index contributed by atoms with van der Waals surface area (Å²) in [6, 6.07) is 0. The summed E-state index contributed by atoms with van der Waals surface area (Å²) < 4.78 is 5.10. The second kappa shape index (κ2) is 27.7. The third-order valence-corrected chi connectivity index (χ3v) is 6.78. The van der Waals surface area contributed by atoms with Crippen LogP contribution in [0.5, 0.6) is 0 Å². The Hall–Kier alpha value is -0.570. The lowest BCUT2D eigenvalue weighted by molar-refractivity contribution is -0.144. The largest absolute Gasteiger partial charge is 0.466 e. The minimum absolute atomic E-state index is 0.112. The van der Waals surface area contributed by atoms with Crippen molar-refractivity contribution < 1.29 is 14.6 Å². The highest BCUT2D eigenvalue weighted by atomic mass is 16.5. The molecule has 1 N–H and O–H groups in total. The third kappa shape index (κ3) is 29.4. The molecule has 0 aromatic rings. The summed E-state index contributed by atoms with van der Waals surface area (Å²) in [7, 11) is 0. The van der Waals surface area contributed by atoms with Crippen LogP contribution in [0.1, 0.15) is 174 Å². The highest BCUT2D eigenvalue weighted by Crippen LogP contribution is 2.15. The van der Waals surface area contributed by atoms with Crippen LogP contribution in [0.25, 0.3) is 0 Å². The molecule has 0 radical (unpaired) electrons. The average molecular weight is 469 g/mol. The molecule has 0 aliphatic carbocycles. The number of unbranched alkanes of at least 4 members (excludes halogenated alkanes) is 22. The first-order chi connectivity index (χ1) is 16.2. The second-order valence-corrected chi connectivity index (χ2v) is 10.4. The Kier molecular flexibility index (Phi) is 27.2. The molecule has 0 saturated carbocycles. The predicted octanol–water partition coefficient (Wildman–Crippen LogP) is 9.68. The van der Waals surface area contributed by atoms with E-state index in [1.807, 2.05) is 0 Å². The summed E-state index contributed by atoms with van der Waals surface area (Å²) in [6.07, 6.45) is 32.5. The van der Waals surface area contributed by atoms with E-state index in [2.05, 4.69) is 6.92 Å². The first kappa shape index (κ1) is 32.4. The van der Waals surface area contributed by atoms with Gasteiger partial charge in [0.2, 0.25) is 0 Å². The van der Waals surface area contributed by atoms with Gasteiger partial charge >= 0.3 is 5.97 Å². The van der Waals surface area contributed by atoms with Gasteiger partial charge in [0.15, 0.2) is 0 Å². The molecule has 1 unspecified atom stereocenters. The maximum atomic E-state index is 11.5. The number of hydrogen-bond donors (Lipinski definition) is 1. The first-order valence-corrected chi connectivity index (χ1v) is 15.0. The number of aliphatic hydroxyl groups is 1. The maximum Gasteiger partial charge on any atom is 0.305 e. The molecule has 3 nitrogen and oxygen atoms in total. The number of ether oxygens (including phenoxy) is 1. The number of rotatable bonds is 27. The second-order valence-electron chi connectivity index (χ2n) is 10.4. The number of carbonyl (C=O) groups excluding carboxylic acids is 1. The molecule has 0 aromatic carbocycles. The standard InChI is InChI=1S/C30H60O3/c1-3-4-5-6-7-8-9-10-11-12-13-14-15-16-17-18-19-20-21-22-23-24-25-26-30(32)33-28-27-29(2)31/h29,31H,3-28H2,1-2H3. The minimum Gasteiger partial charge on any atom is -0.466 e. The van der Waals surface area contributed by atoms with E-state index in [0.717, 1.165) is 12.8 Å². The van der Waals surface area contributed by atoms with Crippen LogP contribution >= 0.6 is 0 Å². The van der Waals surface area contributed by atoms with E-state index >= 15 is 0 Å². The highest BCUT2D eigenvalue weighted by molar-refractivity contribution is 5.69. The van der Waals surface area contributed by atoms with E-state index in [4.69, 9.17) is 9.84 Å². The smallest absolute Gasteiger partial charge is 0.305 e. The van der Waals surface area contributed by atoms with Crippen LogP contribution < -0.4 is 0 Å².